The monoisotopic (exact) mass is 454 g/mol. The zero-order valence-electron chi connectivity index (χ0n) is 20.4. The maximum atomic E-state index is 15.1. The molecule has 1 aliphatic heterocycles. The van der Waals surface area contributed by atoms with Gasteiger partial charge in [-0.25, -0.2) is 9.40 Å². The highest BCUT2D eigenvalue weighted by molar-refractivity contribution is 6.61. The van der Waals surface area contributed by atoms with Crippen LogP contribution in [0.5, 0.6) is 0 Å². The predicted molar refractivity (Wildman–Crippen MR) is 126 cm³/mol. The Bertz CT molecular complexity index is 1080. The SMILES string of the molecule is CC[C@@](C)(N(NC(=O)c1ccc2c(c1F)COB2O)C(=O)c1cc(C)cc(C)c1)C(C)(C)C. The van der Waals surface area contributed by atoms with E-state index < -0.39 is 29.8 Å². The quantitative estimate of drug-likeness (QED) is 0.546. The van der Waals surface area contributed by atoms with Crippen LogP contribution in [0.25, 0.3) is 0 Å². The second kappa shape index (κ2) is 8.91. The van der Waals surface area contributed by atoms with Crippen LogP contribution < -0.4 is 10.9 Å². The van der Waals surface area contributed by atoms with E-state index in [-0.39, 0.29) is 23.6 Å². The number of halogens is 1. The lowest BCUT2D eigenvalue weighted by atomic mass is 9.72. The largest absolute Gasteiger partial charge is 0.491 e. The number of benzene rings is 2. The minimum atomic E-state index is -1.21. The molecule has 2 N–H and O–H groups in total. The molecular formula is C25H32BFN2O4. The van der Waals surface area contributed by atoms with E-state index >= 15 is 4.39 Å². The summed E-state index contributed by atoms with van der Waals surface area (Å²) in [7, 11) is -1.21. The van der Waals surface area contributed by atoms with Gasteiger partial charge in [-0.1, -0.05) is 51.0 Å². The summed E-state index contributed by atoms with van der Waals surface area (Å²) in [6.07, 6.45) is 0.556. The molecule has 0 fully saturated rings. The van der Waals surface area contributed by atoms with Crippen molar-refractivity contribution in [3.8, 4) is 0 Å². The van der Waals surface area contributed by atoms with E-state index in [9.17, 15) is 14.6 Å². The summed E-state index contributed by atoms with van der Waals surface area (Å²) >= 11 is 0. The highest BCUT2D eigenvalue weighted by Crippen LogP contribution is 2.38. The summed E-state index contributed by atoms with van der Waals surface area (Å²) in [5, 5.41) is 11.2. The van der Waals surface area contributed by atoms with E-state index in [1.54, 1.807) is 12.1 Å². The Morgan fingerprint density at radius 3 is 2.30 bits per heavy atom. The van der Waals surface area contributed by atoms with Gasteiger partial charge in [-0.15, -0.1) is 0 Å². The average Bonchev–Trinajstić information content (AvgIpc) is 3.11. The summed E-state index contributed by atoms with van der Waals surface area (Å²) in [5.41, 5.74) is 4.09. The molecule has 2 aromatic carbocycles. The van der Waals surface area contributed by atoms with Crippen LogP contribution in [-0.2, 0) is 11.3 Å². The van der Waals surface area contributed by atoms with Gasteiger partial charge in [0.25, 0.3) is 11.8 Å². The van der Waals surface area contributed by atoms with Gasteiger partial charge in [0.1, 0.15) is 5.82 Å². The topological polar surface area (TPSA) is 78.9 Å². The van der Waals surface area contributed by atoms with E-state index in [2.05, 4.69) is 5.43 Å². The lowest BCUT2D eigenvalue weighted by Gasteiger charge is -2.49. The highest BCUT2D eigenvalue weighted by atomic mass is 19.1. The number of nitrogens with zero attached hydrogens (tertiary/aromatic N) is 1. The first kappa shape index (κ1) is 24.9. The van der Waals surface area contributed by atoms with Crippen molar-refractivity contribution in [1.82, 2.24) is 10.4 Å². The van der Waals surface area contributed by atoms with Crippen LogP contribution in [0.1, 0.15) is 78.4 Å². The zero-order chi connectivity index (χ0) is 24.7. The van der Waals surface area contributed by atoms with Gasteiger partial charge in [-0.2, -0.15) is 0 Å². The fraction of sp³-hybridized carbons (Fsp3) is 0.440. The number of hydrogen-bond acceptors (Lipinski definition) is 4. The molecule has 0 saturated carbocycles. The molecule has 1 aliphatic rings. The Labute approximate surface area is 195 Å². The van der Waals surface area contributed by atoms with Gasteiger partial charge < -0.3 is 9.68 Å². The summed E-state index contributed by atoms with van der Waals surface area (Å²) in [6.45, 7) is 13.6. The van der Waals surface area contributed by atoms with Gasteiger partial charge in [-0.3, -0.25) is 15.0 Å². The second-order valence-corrected chi connectivity index (χ2v) is 9.99. The Balaban J connectivity index is 2.05. The van der Waals surface area contributed by atoms with Crippen molar-refractivity contribution < 1.29 is 23.7 Å². The van der Waals surface area contributed by atoms with Crippen LogP contribution in [0, 0.1) is 25.1 Å². The van der Waals surface area contributed by atoms with Gasteiger partial charge in [0.2, 0.25) is 0 Å². The van der Waals surface area contributed by atoms with Crippen molar-refractivity contribution in [2.24, 2.45) is 5.41 Å². The fourth-order valence-electron chi connectivity index (χ4n) is 4.25. The predicted octanol–water partition coefficient (Wildman–Crippen LogP) is 3.66. The molecule has 0 radical (unpaired) electrons. The first-order chi connectivity index (χ1) is 15.3. The van der Waals surface area contributed by atoms with Crippen molar-refractivity contribution >= 4 is 24.4 Å². The van der Waals surface area contributed by atoms with Crippen molar-refractivity contribution in [2.45, 2.75) is 67.0 Å². The molecule has 0 saturated heterocycles. The number of aryl methyl sites for hydroxylation is 2. The molecule has 8 heteroatoms. The molecule has 33 heavy (non-hydrogen) atoms. The third kappa shape index (κ3) is 4.55. The molecule has 1 atom stereocenters. The maximum Gasteiger partial charge on any atom is 0.491 e. The zero-order valence-corrected chi connectivity index (χ0v) is 20.4. The molecular weight excluding hydrogens is 422 g/mol. The van der Waals surface area contributed by atoms with E-state index in [1.165, 1.54) is 17.1 Å². The Morgan fingerprint density at radius 2 is 1.76 bits per heavy atom. The molecule has 176 valence electrons. The summed E-state index contributed by atoms with van der Waals surface area (Å²) in [4.78, 5) is 27.0. The number of fused-ring (bicyclic) bond motifs is 1. The van der Waals surface area contributed by atoms with Crippen LogP contribution in [0.3, 0.4) is 0 Å². The standard InChI is InChI=1S/C25H32BFN2O4/c1-8-25(7,24(4,5)6)29(23(31)17-12-15(2)11-16(3)13-17)28-22(30)18-9-10-20-19(21(18)27)14-33-26(20)32/h9-13,32H,8,14H2,1-7H3,(H,28,30)/t25-/m1/s1. The number of carbonyl (C=O) groups is 2. The van der Waals surface area contributed by atoms with Crippen molar-refractivity contribution in [3.05, 3.63) is 64.0 Å². The summed E-state index contributed by atoms with van der Waals surface area (Å²) in [6, 6.07) is 8.31. The fourth-order valence-corrected chi connectivity index (χ4v) is 4.25. The highest BCUT2D eigenvalue weighted by Gasteiger charge is 2.45. The molecule has 1 heterocycles. The number of hydrazine groups is 1. The molecule has 0 aliphatic carbocycles. The molecule has 0 bridgehead atoms. The van der Waals surface area contributed by atoms with Crippen molar-refractivity contribution in [2.75, 3.05) is 0 Å². The first-order valence-electron chi connectivity index (χ1n) is 11.1. The molecule has 2 amide bonds. The normalized spacial score (nSPS) is 15.1. The Morgan fingerprint density at radius 1 is 1.15 bits per heavy atom. The van der Waals surface area contributed by atoms with E-state index in [1.807, 2.05) is 54.5 Å². The smallest absolute Gasteiger partial charge is 0.423 e. The molecule has 3 rings (SSSR count). The van der Waals surface area contributed by atoms with Gasteiger partial charge in [0.15, 0.2) is 0 Å². The molecule has 2 aromatic rings. The summed E-state index contributed by atoms with van der Waals surface area (Å²) < 4.78 is 20.2. The molecule has 0 aromatic heterocycles. The van der Waals surface area contributed by atoms with Gasteiger partial charge >= 0.3 is 7.12 Å². The number of rotatable bonds is 4. The molecule has 6 nitrogen and oxygen atoms in total. The molecule has 0 spiro atoms. The second-order valence-electron chi connectivity index (χ2n) is 9.99. The first-order valence-corrected chi connectivity index (χ1v) is 11.1. The van der Waals surface area contributed by atoms with Crippen LogP contribution in [0.15, 0.2) is 30.3 Å². The Hall–Kier alpha value is -2.71. The third-order valence-corrected chi connectivity index (χ3v) is 6.86. The number of hydrogen-bond donors (Lipinski definition) is 2. The van der Waals surface area contributed by atoms with E-state index in [4.69, 9.17) is 4.65 Å². The van der Waals surface area contributed by atoms with Crippen LogP contribution in [0.4, 0.5) is 4.39 Å². The van der Waals surface area contributed by atoms with Crippen LogP contribution in [0.2, 0.25) is 0 Å². The minimum absolute atomic E-state index is 0.122. The lowest BCUT2D eigenvalue weighted by Crippen LogP contribution is -2.63. The van der Waals surface area contributed by atoms with Crippen LogP contribution >= 0.6 is 0 Å². The number of amides is 2. The van der Waals surface area contributed by atoms with Crippen molar-refractivity contribution in [3.63, 3.8) is 0 Å². The van der Waals surface area contributed by atoms with Gasteiger partial charge in [0.05, 0.1) is 17.7 Å². The van der Waals surface area contributed by atoms with E-state index in [0.717, 1.165) is 11.1 Å². The minimum Gasteiger partial charge on any atom is -0.423 e. The number of nitrogens with one attached hydrogen (secondary N) is 1. The third-order valence-electron chi connectivity index (χ3n) is 6.86. The Kier molecular flexibility index (Phi) is 6.73. The summed E-state index contributed by atoms with van der Waals surface area (Å²) in [5.74, 6) is -1.86. The van der Waals surface area contributed by atoms with Gasteiger partial charge in [-0.05, 0) is 56.3 Å². The maximum absolute atomic E-state index is 15.1. The van der Waals surface area contributed by atoms with Gasteiger partial charge in [0, 0.05) is 11.1 Å². The average molecular weight is 454 g/mol. The lowest BCUT2D eigenvalue weighted by molar-refractivity contribution is -0.0167. The van der Waals surface area contributed by atoms with E-state index in [0.29, 0.717) is 17.4 Å². The molecule has 0 unspecified atom stereocenters. The van der Waals surface area contributed by atoms with Crippen LogP contribution in [-0.4, -0.2) is 34.5 Å². The number of carbonyl (C=O) groups excluding carboxylic acids is 2. The van der Waals surface area contributed by atoms with Crippen molar-refractivity contribution in [1.29, 1.82) is 0 Å².